The molecule has 1 fully saturated rings. The van der Waals surface area contributed by atoms with Gasteiger partial charge in [0.25, 0.3) is 0 Å². The Balaban J connectivity index is 1.48. The Labute approximate surface area is 202 Å². The van der Waals surface area contributed by atoms with Crippen LogP contribution >= 0.6 is 0 Å². The summed E-state index contributed by atoms with van der Waals surface area (Å²) in [5.41, 5.74) is 4.26. The Kier molecular flexibility index (Phi) is 4.13. The van der Waals surface area contributed by atoms with Crippen LogP contribution in [0.15, 0.2) is 81.6 Å². The van der Waals surface area contributed by atoms with Gasteiger partial charge < -0.3 is 18.1 Å². The summed E-state index contributed by atoms with van der Waals surface area (Å²) in [7, 11) is -0.436. The zero-order valence-electron chi connectivity index (χ0n) is 20.1. The van der Waals surface area contributed by atoms with E-state index in [4.69, 9.17) is 23.1 Å². The van der Waals surface area contributed by atoms with Crippen LogP contribution in [-0.4, -0.2) is 23.3 Å². The zero-order valence-corrected chi connectivity index (χ0v) is 20.1. The third kappa shape index (κ3) is 3.00. The Bertz CT molecular complexity index is 1750. The van der Waals surface area contributed by atoms with Gasteiger partial charge in [0.15, 0.2) is 5.58 Å². The summed E-state index contributed by atoms with van der Waals surface area (Å²) < 4.78 is 25.1. The molecule has 0 spiro atoms. The van der Waals surface area contributed by atoms with Gasteiger partial charge >= 0.3 is 7.12 Å². The van der Waals surface area contributed by atoms with Gasteiger partial charge in [-0.15, -0.1) is 0 Å². The summed E-state index contributed by atoms with van der Waals surface area (Å²) in [6.07, 6.45) is 0. The molecule has 5 nitrogen and oxygen atoms in total. The first-order chi connectivity index (χ1) is 16.8. The number of furan rings is 1. The molecule has 6 aromatic rings. The molecule has 1 saturated heterocycles. The quantitative estimate of drug-likeness (QED) is 0.264. The molecule has 0 N–H and O–H groups in total. The minimum atomic E-state index is -0.436. The second-order valence-corrected chi connectivity index (χ2v) is 10.3. The fourth-order valence-electron chi connectivity index (χ4n) is 4.91. The summed E-state index contributed by atoms with van der Waals surface area (Å²) in [6, 6.07) is 24.3. The van der Waals surface area contributed by atoms with Crippen molar-refractivity contribution in [3.63, 3.8) is 0 Å². The minimum Gasteiger partial charge on any atom is -0.456 e. The van der Waals surface area contributed by atoms with Crippen LogP contribution in [-0.2, 0) is 9.31 Å². The normalized spacial score (nSPS) is 17.3. The highest BCUT2D eigenvalue weighted by molar-refractivity contribution is 6.62. The van der Waals surface area contributed by atoms with Gasteiger partial charge in [0.1, 0.15) is 16.7 Å². The van der Waals surface area contributed by atoms with Crippen LogP contribution in [0.25, 0.3) is 55.3 Å². The van der Waals surface area contributed by atoms with E-state index in [-0.39, 0.29) is 0 Å². The summed E-state index contributed by atoms with van der Waals surface area (Å²) in [4.78, 5) is 4.90. The summed E-state index contributed by atoms with van der Waals surface area (Å²) in [5, 5.41) is 4.17. The Morgan fingerprint density at radius 1 is 0.686 bits per heavy atom. The molecule has 6 heteroatoms. The standard InChI is InChI=1S/C29H24BNO4/c1-28(2)29(3,4)35-30(34-28)19-12-10-17-11-13-21-24(20(17)16-19)25-22(32-21)14-15-23-26(25)31-27(33-23)18-8-6-5-7-9-18/h5-16H,1-4H3. The fourth-order valence-corrected chi connectivity index (χ4v) is 4.91. The number of fused-ring (bicyclic) bond motifs is 7. The third-order valence-corrected chi connectivity index (χ3v) is 7.55. The van der Waals surface area contributed by atoms with Crippen molar-refractivity contribution >= 4 is 56.4 Å². The number of oxazole rings is 1. The number of nitrogens with zero attached hydrogens (tertiary/aromatic N) is 1. The van der Waals surface area contributed by atoms with E-state index >= 15 is 0 Å². The lowest BCUT2D eigenvalue weighted by molar-refractivity contribution is 0.00578. The maximum atomic E-state index is 6.33. The summed E-state index contributed by atoms with van der Waals surface area (Å²) >= 11 is 0. The molecule has 0 unspecified atom stereocenters. The Hall–Kier alpha value is -3.61. The van der Waals surface area contributed by atoms with E-state index < -0.39 is 18.3 Å². The van der Waals surface area contributed by atoms with E-state index in [2.05, 4.69) is 52.0 Å². The molecule has 0 aliphatic carbocycles. The molecule has 2 aromatic heterocycles. The molecule has 0 bridgehead atoms. The van der Waals surface area contributed by atoms with E-state index in [9.17, 15) is 0 Å². The topological polar surface area (TPSA) is 57.6 Å². The predicted octanol–water partition coefficient (Wildman–Crippen LogP) is 6.85. The number of aromatic nitrogens is 1. The minimum absolute atomic E-state index is 0.401. The SMILES string of the molecule is CC1(C)OB(c2ccc3ccc4oc5ccc6oc(-c7ccccc7)nc6c5c4c3c2)OC1(C)C. The van der Waals surface area contributed by atoms with Crippen LogP contribution in [0, 0.1) is 0 Å². The Morgan fingerprint density at radius 2 is 1.34 bits per heavy atom. The van der Waals surface area contributed by atoms with Crippen molar-refractivity contribution in [1.82, 2.24) is 4.98 Å². The first-order valence-corrected chi connectivity index (χ1v) is 11.9. The van der Waals surface area contributed by atoms with Gasteiger partial charge in [-0.05, 0) is 74.3 Å². The van der Waals surface area contributed by atoms with E-state index in [0.29, 0.717) is 5.89 Å². The van der Waals surface area contributed by atoms with Crippen molar-refractivity contribution in [2.75, 3.05) is 0 Å². The van der Waals surface area contributed by atoms with Crippen LogP contribution in [0.2, 0.25) is 0 Å². The average molecular weight is 461 g/mol. The molecular weight excluding hydrogens is 437 g/mol. The van der Waals surface area contributed by atoms with Crippen molar-refractivity contribution < 1.29 is 18.1 Å². The van der Waals surface area contributed by atoms with Crippen molar-refractivity contribution in [1.29, 1.82) is 0 Å². The van der Waals surface area contributed by atoms with Crippen molar-refractivity contribution in [2.24, 2.45) is 0 Å². The van der Waals surface area contributed by atoms with Crippen molar-refractivity contribution in [2.45, 2.75) is 38.9 Å². The molecule has 3 heterocycles. The molecule has 7 rings (SSSR count). The number of benzene rings is 4. The largest absolute Gasteiger partial charge is 0.494 e. The first kappa shape index (κ1) is 20.7. The number of rotatable bonds is 2. The predicted molar refractivity (Wildman–Crippen MR) is 140 cm³/mol. The molecule has 4 aromatic carbocycles. The van der Waals surface area contributed by atoms with E-state index in [1.54, 1.807) is 0 Å². The second-order valence-electron chi connectivity index (χ2n) is 10.3. The average Bonchev–Trinajstić information content (AvgIpc) is 3.50. The molecular formula is C29H24BNO4. The Morgan fingerprint density at radius 3 is 2.11 bits per heavy atom. The maximum absolute atomic E-state index is 6.33. The molecule has 0 amide bonds. The first-order valence-electron chi connectivity index (χ1n) is 11.9. The van der Waals surface area contributed by atoms with Crippen molar-refractivity contribution in [3.05, 3.63) is 72.8 Å². The van der Waals surface area contributed by atoms with Crippen LogP contribution in [0.3, 0.4) is 0 Å². The second kappa shape index (κ2) is 6.97. The third-order valence-electron chi connectivity index (χ3n) is 7.55. The number of hydrogen-bond acceptors (Lipinski definition) is 5. The lowest BCUT2D eigenvalue weighted by Crippen LogP contribution is -2.41. The highest BCUT2D eigenvalue weighted by Gasteiger charge is 2.51. The van der Waals surface area contributed by atoms with Gasteiger partial charge in [0.2, 0.25) is 5.89 Å². The lowest BCUT2D eigenvalue weighted by atomic mass is 9.78. The molecule has 0 radical (unpaired) electrons. The molecule has 0 atom stereocenters. The van der Waals surface area contributed by atoms with E-state index in [0.717, 1.165) is 54.8 Å². The van der Waals surface area contributed by atoms with Crippen LogP contribution in [0.4, 0.5) is 0 Å². The van der Waals surface area contributed by atoms with Crippen LogP contribution in [0.1, 0.15) is 27.7 Å². The zero-order chi connectivity index (χ0) is 23.9. The van der Waals surface area contributed by atoms with Crippen LogP contribution < -0.4 is 5.46 Å². The highest BCUT2D eigenvalue weighted by Crippen LogP contribution is 2.40. The maximum Gasteiger partial charge on any atom is 0.494 e. The van der Waals surface area contributed by atoms with Gasteiger partial charge in [0, 0.05) is 10.9 Å². The molecule has 1 aliphatic heterocycles. The molecule has 0 saturated carbocycles. The molecule has 172 valence electrons. The van der Waals surface area contributed by atoms with E-state index in [1.165, 1.54) is 0 Å². The van der Waals surface area contributed by atoms with Gasteiger partial charge in [-0.2, -0.15) is 0 Å². The van der Waals surface area contributed by atoms with Gasteiger partial charge in [-0.1, -0.05) is 42.5 Å². The number of hydrogen-bond donors (Lipinski definition) is 0. The highest BCUT2D eigenvalue weighted by atomic mass is 16.7. The lowest BCUT2D eigenvalue weighted by Gasteiger charge is -2.32. The molecule has 1 aliphatic rings. The van der Waals surface area contributed by atoms with E-state index in [1.807, 2.05) is 48.5 Å². The smallest absolute Gasteiger partial charge is 0.456 e. The fraction of sp³-hybridized carbons (Fsp3) is 0.207. The van der Waals surface area contributed by atoms with Gasteiger partial charge in [-0.3, -0.25) is 0 Å². The monoisotopic (exact) mass is 461 g/mol. The summed E-state index contributed by atoms with van der Waals surface area (Å²) in [6.45, 7) is 8.28. The molecule has 35 heavy (non-hydrogen) atoms. The van der Waals surface area contributed by atoms with Crippen molar-refractivity contribution in [3.8, 4) is 11.5 Å². The van der Waals surface area contributed by atoms with Crippen LogP contribution in [0.5, 0.6) is 0 Å². The van der Waals surface area contributed by atoms with Gasteiger partial charge in [-0.25, -0.2) is 4.98 Å². The van der Waals surface area contributed by atoms with Gasteiger partial charge in [0.05, 0.1) is 16.6 Å². The summed E-state index contributed by atoms with van der Waals surface area (Å²) in [5.74, 6) is 0.598.